The monoisotopic (exact) mass is 563 g/mol. The topological polar surface area (TPSA) is 89.8 Å². The van der Waals surface area contributed by atoms with E-state index in [1.165, 1.54) is 18.3 Å². The Bertz CT molecular complexity index is 1760. The van der Waals surface area contributed by atoms with E-state index < -0.39 is 47.8 Å². The summed E-state index contributed by atoms with van der Waals surface area (Å²) in [5.41, 5.74) is 0.178. The SMILES string of the molecule is [2H]C1([2H])c2ncccc2C(=O)N1Cc1c(F)cc(-c2ccc(OC3CN(C(=O)OC(C)(C)C)C3)c3nn(C)cc23)cc1F. The van der Waals surface area contributed by atoms with Gasteiger partial charge in [0.05, 0.1) is 40.1 Å². The van der Waals surface area contributed by atoms with Gasteiger partial charge in [-0.3, -0.25) is 14.5 Å². The first kappa shape index (κ1) is 24.3. The Balaban J connectivity index is 1.24. The number of hydrogen-bond acceptors (Lipinski definition) is 6. The largest absolute Gasteiger partial charge is 0.484 e. The van der Waals surface area contributed by atoms with E-state index in [0.29, 0.717) is 35.3 Å². The van der Waals surface area contributed by atoms with Crippen molar-refractivity contribution in [3.63, 3.8) is 0 Å². The zero-order valence-corrected chi connectivity index (χ0v) is 22.9. The predicted octanol–water partition coefficient (Wildman–Crippen LogP) is 5.07. The number of aromatic nitrogens is 3. The number of halogens is 2. The van der Waals surface area contributed by atoms with Gasteiger partial charge in [-0.2, -0.15) is 5.10 Å². The molecule has 212 valence electrons. The lowest BCUT2D eigenvalue weighted by molar-refractivity contribution is -0.0218. The Kier molecular flexibility index (Phi) is 5.82. The number of carbonyl (C=O) groups is 2. The number of nitrogens with zero attached hydrogens (tertiary/aromatic N) is 5. The number of amides is 2. The van der Waals surface area contributed by atoms with Crippen LogP contribution in [0.3, 0.4) is 0 Å². The second-order valence-electron chi connectivity index (χ2n) is 11.1. The van der Waals surface area contributed by atoms with Crippen molar-refractivity contribution in [2.75, 3.05) is 13.1 Å². The summed E-state index contributed by atoms with van der Waals surface area (Å²) in [6.45, 7) is 3.16. The number of hydrogen-bond donors (Lipinski definition) is 0. The van der Waals surface area contributed by atoms with Crippen molar-refractivity contribution < 1.29 is 30.6 Å². The molecular formula is C30H29F2N5O4. The van der Waals surface area contributed by atoms with Crippen molar-refractivity contribution >= 4 is 22.9 Å². The summed E-state index contributed by atoms with van der Waals surface area (Å²) in [5, 5.41) is 5.09. The molecule has 41 heavy (non-hydrogen) atoms. The summed E-state index contributed by atoms with van der Waals surface area (Å²) in [6.07, 6.45) is 2.40. The van der Waals surface area contributed by atoms with Crippen molar-refractivity contribution in [1.82, 2.24) is 24.6 Å². The van der Waals surface area contributed by atoms with E-state index in [1.807, 2.05) is 0 Å². The van der Waals surface area contributed by atoms with Gasteiger partial charge in [0.1, 0.15) is 34.6 Å². The van der Waals surface area contributed by atoms with E-state index in [2.05, 4.69) is 10.1 Å². The molecule has 0 radical (unpaired) electrons. The number of pyridine rings is 1. The highest BCUT2D eigenvalue weighted by Gasteiger charge is 2.36. The lowest BCUT2D eigenvalue weighted by Crippen LogP contribution is -2.57. The van der Waals surface area contributed by atoms with Crippen molar-refractivity contribution in [1.29, 1.82) is 0 Å². The van der Waals surface area contributed by atoms with E-state index >= 15 is 8.78 Å². The van der Waals surface area contributed by atoms with E-state index in [-0.39, 0.29) is 22.9 Å². The fourth-order valence-corrected chi connectivity index (χ4v) is 4.88. The first-order valence-electron chi connectivity index (χ1n) is 14.1. The van der Waals surface area contributed by atoms with Crippen LogP contribution in [0.1, 0.15) is 45.1 Å². The van der Waals surface area contributed by atoms with Crippen LogP contribution in [0.5, 0.6) is 5.75 Å². The summed E-state index contributed by atoms with van der Waals surface area (Å²) < 4.78 is 60.8. The maximum Gasteiger partial charge on any atom is 0.410 e. The standard InChI is InChI=1S/C30H29F2N5O4/c1-30(2,3)41-29(39)37-12-18(13-37)40-26-8-7-19(21-14-35(4)34-27(21)26)17-10-23(31)22(24(32)11-17)15-36-16-25-20(28(36)38)6-5-9-33-25/h5-11,14,18H,12-13,15-16H2,1-4H3/i16D2. The van der Waals surface area contributed by atoms with Crippen LogP contribution < -0.4 is 4.74 Å². The van der Waals surface area contributed by atoms with Gasteiger partial charge in [-0.25, -0.2) is 13.6 Å². The third-order valence-electron chi connectivity index (χ3n) is 6.84. The number of benzene rings is 2. The average Bonchev–Trinajstić information content (AvgIpc) is 3.37. The second-order valence-corrected chi connectivity index (χ2v) is 11.1. The van der Waals surface area contributed by atoms with Crippen LogP contribution in [-0.4, -0.2) is 61.4 Å². The molecule has 2 aliphatic rings. The van der Waals surface area contributed by atoms with E-state index in [9.17, 15) is 9.59 Å². The zero-order chi connectivity index (χ0) is 30.8. The van der Waals surface area contributed by atoms with Crippen LogP contribution in [0.2, 0.25) is 0 Å². The van der Waals surface area contributed by atoms with Gasteiger partial charge in [0.25, 0.3) is 5.91 Å². The highest BCUT2D eigenvalue weighted by atomic mass is 19.1. The Hall–Kier alpha value is -4.54. The minimum atomic E-state index is -2.33. The number of ether oxygens (including phenoxy) is 2. The van der Waals surface area contributed by atoms with Gasteiger partial charge in [-0.1, -0.05) is 0 Å². The number of carbonyl (C=O) groups excluding carboxylic acids is 2. The molecular weight excluding hydrogens is 532 g/mol. The van der Waals surface area contributed by atoms with Crippen molar-refractivity contribution in [2.45, 2.75) is 45.5 Å². The van der Waals surface area contributed by atoms with Gasteiger partial charge in [0.15, 0.2) is 0 Å². The molecule has 0 atom stereocenters. The molecule has 2 aliphatic heterocycles. The van der Waals surface area contributed by atoms with E-state index in [4.69, 9.17) is 12.2 Å². The molecule has 0 N–H and O–H groups in total. The van der Waals surface area contributed by atoms with Crippen molar-refractivity contribution in [3.8, 4) is 16.9 Å². The molecule has 2 amide bonds. The highest BCUT2D eigenvalue weighted by Crippen LogP contribution is 2.36. The van der Waals surface area contributed by atoms with Gasteiger partial charge in [-0.05, 0) is 68.3 Å². The van der Waals surface area contributed by atoms with Gasteiger partial charge in [0.2, 0.25) is 0 Å². The van der Waals surface area contributed by atoms with Crippen LogP contribution in [0.15, 0.2) is 48.8 Å². The Morgan fingerprint density at radius 2 is 1.88 bits per heavy atom. The molecule has 4 heterocycles. The maximum atomic E-state index is 15.5. The molecule has 0 bridgehead atoms. The zero-order valence-electron chi connectivity index (χ0n) is 24.9. The van der Waals surface area contributed by atoms with Gasteiger partial charge in [-0.15, -0.1) is 0 Å². The van der Waals surface area contributed by atoms with Crippen LogP contribution in [-0.2, 0) is 24.8 Å². The molecule has 2 aromatic carbocycles. The molecule has 2 aromatic heterocycles. The fourth-order valence-electron chi connectivity index (χ4n) is 4.88. The molecule has 0 unspecified atom stereocenters. The molecule has 0 aliphatic carbocycles. The first-order valence-corrected chi connectivity index (χ1v) is 13.1. The molecule has 6 rings (SSSR count). The number of likely N-dealkylation sites (tertiary alicyclic amines) is 1. The third kappa shape index (κ3) is 5.07. The average molecular weight is 564 g/mol. The van der Waals surface area contributed by atoms with Crippen LogP contribution in [0, 0.1) is 11.6 Å². The van der Waals surface area contributed by atoms with Crippen LogP contribution in [0.25, 0.3) is 22.0 Å². The lowest BCUT2D eigenvalue weighted by Gasteiger charge is -2.39. The maximum absolute atomic E-state index is 15.5. The van der Waals surface area contributed by atoms with Crippen LogP contribution in [0.4, 0.5) is 13.6 Å². The van der Waals surface area contributed by atoms with Crippen LogP contribution >= 0.6 is 0 Å². The summed E-state index contributed by atoms with van der Waals surface area (Å²) in [6, 6.07) is 8.62. The molecule has 4 aromatic rings. The summed E-state index contributed by atoms with van der Waals surface area (Å²) in [5.74, 6) is -2.06. The minimum absolute atomic E-state index is 0.0608. The van der Waals surface area contributed by atoms with Crippen molar-refractivity contribution in [2.24, 2.45) is 7.05 Å². The summed E-state index contributed by atoms with van der Waals surface area (Å²) in [7, 11) is 1.72. The number of fused-ring (bicyclic) bond motifs is 2. The molecule has 9 nitrogen and oxygen atoms in total. The fraction of sp³-hybridized carbons (Fsp3) is 0.333. The van der Waals surface area contributed by atoms with Crippen molar-refractivity contribution in [3.05, 3.63) is 77.2 Å². The Labute approximate surface area is 238 Å². The highest BCUT2D eigenvalue weighted by molar-refractivity contribution is 5.98. The van der Waals surface area contributed by atoms with E-state index in [0.717, 1.165) is 17.0 Å². The van der Waals surface area contributed by atoms with Gasteiger partial charge in [0, 0.05) is 30.4 Å². The molecule has 11 heteroatoms. The molecule has 1 fully saturated rings. The van der Waals surface area contributed by atoms with Gasteiger partial charge >= 0.3 is 6.09 Å². The molecule has 1 saturated heterocycles. The predicted molar refractivity (Wildman–Crippen MR) is 146 cm³/mol. The Morgan fingerprint density at radius 3 is 2.56 bits per heavy atom. The minimum Gasteiger partial charge on any atom is -0.484 e. The lowest BCUT2D eigenvalue weighted by atomic mass is 9.99. The third-order valence-corrected chi connectivity index (χ3v) is 6.84. The summed E-state index contributed by atoms with van der Waals surface area (Å²) in [4.78, 5) is 31.4. The molecule has 0 spiro atoms. The van der Waals surface area contributed by atoms with Gasteiger partial charge < -0.3 is 19.3 Å². The first-order chi connectivity index (χ1) is 20.2. The number of rotatable bonds is 5. The number of aryl methyl sites for hydroxylation is 1. The smallest absolute Gasteiger partial charge is 0.410 e. The molecule has 0 saturated carbocycles. The second kappa shape index (κ2) is 9.83. The Morgan fingerprint density at radius 1 is 1.15 bits per heavy atom. The quantitative estimate of drug-likeness (QED) is 0.337. The summed E-state index contributed by atoms with van der Waals surface area (Å²) >= 11 is 0. The normalized spacial score (nSPS) is 17.3. The van der Waals surface area contributed by atoms with E-state index in [1.54, 1.807) is 55.7 Å².